The van der Waals surface area contributed by atoms with E-state index < -0.39 is 21.8 Å². The summed E-state index contributed by atoms with van der Waals surface area (Å²) in [5.41, 5.74) is 2.81. The van der Waals surface area contributed by atoms with Crippen LogP contribution < -0.4 is 9.62 Å². The molecule has 2 amide bonds. The molecule has 0 radical (unpaired) electrons. The van der Waals surface area contributed by atoms with Gasteiger partial charge in [-0.05, 0) is 42.2 Å². The van der Waals surface area contributed by atoms with Gasteiger partial charge >= 0.3 is 0 Å². The third-order valence-corrected chi connectivity index (χ3v) is 6.69. The fourth-order valence-corrected chi connectivity index (χ4v) is 4.86. The maximum absolute atomic E-state index is 12.9. The Morgan fingerprint density at radius 3 is 2.54 bits per heavy atom. The summed E-state index contributed by atoms with van der Waals surface area (Å²) in [6.45, 7) is 5.96. The summed E-state index contributed by atoms with van der Waals surface area (Å²) in [5.74, 6) is -1.03. The summed E-state index contributed by atoms with van der Waals surface area (Å²) in [6, 6.07) is 9.96. The number of amides is 2. The first kappa shape index (κ1) is 20.4. The lowest BCUT2D eigenvalue weighted by molar-refractivity contribution is -0.116. The topological polar surface area (TPSA) is 83.6 Å². The van der Waals surface area contributed by atoms with E-state index in [0.29, 0.717) is 5.69 Å². The second-order valence-electron chi connectivity index (χ2n) is 7.04. The molecule has 6 nitrogen and oxygen atoms in total. The van der Waals surface area contributed by atoms with Crippen molar-refractivity contribution in [2.24, 2.45) is 0 Å². The van der Waals surface area contributed by atoms with Gasteiger partial charge < -0.3 is 5.32 Å². The van der Waals surface area contributed by atoms with Crippen LogP contribution in [0.4, 0.5) is 11.4 Å². The predicted octanol–water partition coefficient (Wildman–Crippen LogP) is 4.09. The normalized spacial score (nSPS) is 15.9. The van der Waals surface area contributed by atoms with E-state index in [1.807, 2.05) is 39.0 Å². The van der Waals surface area contributed by atoms with Crippen molar-refractivity contribution in [1.29, 1.82) is 0 Å². The summed E-state index contributed by atoms with van der Waals surface area (Å²) < 4.78 is 25.1. The zero-order valence-electron chi connectivity index (χ0n) is 15.8. The van der Waals surface area contributed by atoms with Crippen LogP contribution in [0.15, 0.2) is 36.4 Å². The molecule has 1 aliphatic heterocycles. The molecule has 28 heavy (non-hydrogen) atoms. The Bertz CT molecular complexity index is 1060. The number of anilines is 2. The monoisotopic (exact) mass is 420 g/mol. The Labute approximate surface area is 169 Å². The van der Waals surface area contributed by atoms with Crippen LogP contribution in [0.5, 0.6) is 0 Å². The number of hydrogen-bond acceptors (Lipinski definition) is 4. The van der Waals surface area contributed by atoms with Crippen LogP contribution in [0.3, 0.4) is 0 Å². The SMILES string of the molecule is Cc1cccc(C(C)C)c1NC(=O)c1cc(N2C(=O)CCS2(=O)=O)ccc1Cl. The predicted molar refractivity (Wildman–Crippen MR) is 111 cm³/mol. The molecule has 0 aromatic heterocycles. The molecule has 1 saturated heterocycles. The number of halogens is 1. The highest BCUT2D eigenvalue weighted by atomic mass is 35.5. The number of nitrogens with zero attached hydrogens (tertiary/aromatic N) is 1. The van der Waals surface area contributed by atoms with Crippen LogP contribution >= 0.6 is 11.6 Å². The second-order valence-corrected chi connectivity index (χ2v) is 9.38. The molecule has 1 heterocycles. The van der Waals surface area contributed by atoms with Gasteiger partial charge in [-0.15, -0.1) is 0 Å². The zero-order chi connectivity index (χ0) is 20.6. The highest BCUT2D eigenvalue weighted by Crippen LogP contribution is 2.31. The summed E-state index contributed by atoms with van der Waals surface area (Å²) in [4.78, 5) is 24.9. The average molecular weight is 421 g/mol. The second kappa shape index (κ2) is 7.56. The van der Waals surface area contributed by atoms with Crippen LogP contribution in [0.1, 0.15) is 47.7 Å². The number of carbonyl (C=O) groups excluding carboxylic acids is 2. The number of carbonyl (C=O) groups is 2. The minimum Gasteiger partial charge on any atom is -0.321 e. The minimum absolute atomic E-state index is 0.0759. The third kappa shape index (κ3) is 3.77. The molecule has 1 aliphatic rings. The van der Waals surface area contributed by atoms with Crippen molar-refractivity contribution in [3.05, 3.63) is 58.1 Å². The first-order valence-electron chi connectivity index (χ1n) is 8.88. The van der Waals surface area contributed by atoms with Gasteiger partial charge in [0.1, 0.15) is 0 Å². The first-order valence-corrected chi connectivity index (χ1v) is 10.9. The van der Waals surface area contributed by atoms with Gasteiger partial charge in [0.25, 0.3) is 5.91 Å². The molecule has 8 heteroatoms. The van der Waals surface area contributed by atoms with E-state index in [1.165, 1.54) is 18.2 Å². The smallest absolute Gasteiger partial charge is 0.257 e. The Morgan fingerprint density at radius 2 is 1.93 bits per heavy atom. The molecule has 1 N–H and O–H groups in total. The maximum Gasteiger partial charge on any atom is 0.257 e. The molecule has 0 saturated carbocycles. The van der Waals surface area contributed by atoms with Crippen LogP contribution in [-0.2, 0) is 14.8 Å². The lowest BCUT2D eigenvalue weighted by Crippen LogP contribution is -2.29. The highest BCUT2D eigenvalue weighted by Gasteiger charge is 2.36. The standard InChI is InChI=1S/C20H21ClN2O4S/c1-12(2)15-6-4-5-13(3)19(15)22-20(25)16-11-14(7-8-17(16)21)23-18(24)9-10-28(23,26)27/h4-8,11-12H,9-10H2,1-3H3,(H,22,25). The molecule has 0 bridgehead atoms. The first-order chi connectivity index (χ1) is 13.1. The van der Waals surface area contributed by atoms with E-state index in [1.54, 1.807) is 0 Å². The molecule has 2 aromatic rings. The number of para-hydroxylation sites is 1. The fourth-order valence-electron chi connectivity index (χ4n) is 3.21. The van der Waals surface area contributed by atoms with E-state index in [4.69, 9.17) is 11.6 Å². The van der Waals surface area contributed by atoms with E-state index in [2.05, 4.69) is 5.32 Å². The molecular formula is C20H21ClN2O4S. The number of nitrogens with one attached hydrogen (secondary N) is 1. The lowest BCUT2D eigenvalue weighted by Gasteiger charge is -2.18. The quantitative estimate of drug-likeness (QED) is 0.807. The van der Waals surface area contributed by atoms with Crippen molar-refractivity contribution in [2.45, 2.75) is 33.1 Å². The van der Waals surface area contributed by atoms with Crippen molar-refractivity contribution < 1.29 is 18.0 Å². The number of benzene rings is 2. The van der Waals surface area contributed by atoms with Gasteiger partial charge in [-0.25, -0.2) is 12.7 Å². The van der Waals surface area contributed by atoms with Crippen molar-refractivity contribution in [1.82, 2.24) is 0 Å². The van der Waals surface area contributed by atoms with E-state index in [9.17, 15) is 18.0 Å². The highest BCUT2D eigenvalue weighted by molar-refractivity contribution is 7.94. The van der Waals surface area contributed by atoms with Crippen LogP contribution in [0, 0.1) is 6.92 Å². The molecule has 2 aromatic carbocycles. The Kier molecular flexibility index (Phi) is 5.50. The van der Waals surface area contributed by atoms with Crippen molar-refractivity contribution in [3.63, 3.8) is 0 Å². The van der Waals surface area contributed by atoms with Crippen LogP contribution in [0.25, 0.3) is 0 Å². The van der Waals surface area contributed by atoms with Gasteiger partial charge in [0.05, 0.1) is 22.0 Å². The van der Waals surface area contributed by atoms with Gasteiger partial charge in [-0.2, -0.15) is 0 Å². The molecule has 0 atom stereocenters. The molecule has 148 valence electrons. The molecule has 0 aliphatic carbocycles. The number of hydrogen-bond donors (Lipinski definition) is 1. The van der Waals surface area contributed by atoms with Crippen LogP contribution in [-0.4, -0.2) is 26.0 Å². The molecule has 1 fully saturated rings. The van der Waals surface area contributed by atoms with E-state index in [-0.39, 0.29) is 34.4 Å². The van der Waals surface area contributed by atoms with Crippen molar-refractivity contribution >= 4 is 44.8 Å². The van der Waals surface area contributed by atoms with Gasteiger partial charge in [0.15, 0.2) is 0 Å². The minimum atomic E-state index is -3.72. The van der Waals surface area contributed by atoms with Gasteiger partial charge in [0.2, 0.25) is 15.9 Å². The summed E-state index contributed by atoms with van der Waals surface area (Å²) in [6.07, 6.45) is -0.0759. The summed E-state index contributed by atoms with van der Waals surface area (Å²) >= 11 is 6.20. The van der Waals surface area contributed by atoms with Crippen molar-refractivity contribution in [2.75, 3.05) is 15.4 Å². The molecule has 0 spiro atoms. The Hall–Kier alpha value is -2.38. The largest absolute Gasteiger partial charge is 0.321 e. The van der Waals surface area contributed by atoms with Gasteiger partial charge in [-0.3, -0.25) is 9.59 Å². The molecular weight excluding hydrogens is 400 g/mol. The number of sulfonamides is 1. The summed E-state index contributed by atoms with van der Waals surface area (Å²) in [7, 11) is -3.72. The molecule has 0 unspecified atom stereocenters. The van der Waals surface area contributed by atoms with Gasteiger partial charge in [0, 0.05) is 12.1 Å². The fraction of sp³-hybridized carbons (Fsp3) is 0.300. The maximum atomic E-state index is 12.9. The van der Waals surface area contributed by atoms with Gasteiger partial charge in [-0.1, -0.05) is 43.6 Å². The number of aryl methyl sites for hydroxylation is 1. The zero-order valence-corrected chi connectivity index (χ0v) is 17.4. The Morgan fingerprint density at radius 1 is 1.21 bits per heavy atom. The number of rotatable bonds is 4. The third-order valence-electron chi connectivity index (χ3n) is 4.67. The summed E-state index contributed by atoms with van der Waals surface area (Å²) in [5, 5.41) is 3.06. The lowest BCUT2D eigenvalue weighted by atomic mass is 9.98. The van der Waals surface area contributed by atoms with Crippen molar-refractivity contribution in [3.8, 4) is 0 Å². The van der Waals surface area contributed by atoms with Crippen LogP contribution in [0.2, 0.25) is 5.02 Å². The Balaban J connectivity index is 1.99. The van der Waals surface area contributed by atoms with E-state index >= 15 is 0 Å². The molecule has 3 rings (SSSR count). The van der Waals surface area contributed by atoms with E-state index in [0.717, 1.165) is 15.4 Å². The average Bonchev–Trinajstić information content (AvgIpc) is 2.90.